The third-order valence-corrected chi connectivity index (χ3v) is 8.00. The average Bonchev–Trinajstić information content (AvgIpc) is 2.76. The maximum Gasteiger partial charge on any atom is 0.159 e. The predicted octanol–water partition coefficient (Wildman–Crippen LogP) is 3.40. The van der Waals surface area contributed by atoms with Gasteiger partial charge in [-0.2, -0.15) is 0 Å². The van der Waals surface area contributed by atoms with Crippen molar-refractivity contribution in [1.82, 2.24) is 0 Å². The van der Waals surface area contributed by atoms with Gasteiger partial charge in [-0.3, -0.25) is 0 Å². The Morgan fingerprint density at radius 1 is 1.14 bits per heavy atom. The topological polar surface area (TPSA) is 43.1 Å². The Labute approximate surface area is 128 Å². The molecule has 4 rings (SSSR count). The van der Waals surface area contributed by atoms with E-state index in [-0.39, 0.29) is 17.6 Å². The molecule has 3 saturated carbocycles. The van der Waals surface area contributed by atoms with Crippen LogP contribution in [0, 0.1) is 28.6 Å². The van der Waals surface area contributed by atoms with Gasteiger partial charge < -0.3 is 10.2 Å². The molecule has 21 heavy (non-hydrogen) atoms. The van der Waals surface area contributed by atoms with Crippen molar-refractivity contribution in [1.29, 1.82) is 0 Å². The third-order valence-electron chi connectivity index (χ3n) is 8.00. The van der Waals surface area contributed by atoms with E-state index in [4.69, 9.17) is 5.11 Å². The minimum atomic E-state index is -0.0572. The SMILES string of the molecule is C[C@]12CC=C3[C@@H](CC[C@@H]4C[C@H](O)CC[C@]34C)[C@@H]1CC[C@@H]2[OH2+]. The molecule has 0 aromatic rings. The van der Waals surface area contributed by atoms with Gasteiger partial charge in [-0.05, 0) is 68.1 Å². The molecule has 118 valence electrons. The normalized spacial score (nSPS) is 56.2. The Morgan fingerprint density at radius 2 is 1.95 bits per heavy atom. The van der Waals surface area contributed by atoms with E-state index in [1.54, 1.807) is 5.57 Å². The lowest BCUT2D eigenvalue weighted by atomic mass is 9.49. The van der Waals surface area contributed by atoms with Gasteiger partial charge in [-0.15, -0.1) is 0 Å². The molecule has 0 aromatic carbocycles. The van der Waals surface area contributed by atoms with Crippen molar-refractivity contribution < 1.29 is 10.2 Å². The van der Waals surface area contributed by atoms with E-state index < -0.39 is 0 Å². The molecule has 3 N–H and O–H groups in total. The predicted molar refractivity (Wildman–Crippen MR) is 85.1 cm³/mol. The van der Waals surface area contributed by atoms with E-state index in [1.807, 2.05) is 0 Å². The maximum atomic E-state index is 10.0. The summed E-state index contributed by atoms with van der Waals surface area (Å²) in [4.78, 5) is 0. The molecule has 0 aliphatic heterocycles. The summed E-state index contributed by atoms with van der Waals surface area (Å²) >= 11 is 0. The van der Waals surface area contributed by atoms with Gasteiger partial charge in [-0.25, -0.2) is 0 Å². The molecular formula is C19H31O2+. The zero-order chi connectivity index (χ0) is 14.8. The van der Waals surface area contributed by atoms with Gasteiger partial charge in [0.2, 0.25) is 0 Å². The van der Waals surface area contributed by atoms with Crippen molar-refractivity contribution in [3.63, 3.8) is 0 Å². The van der Waals surface area contributed by atoms with Crippen molar-refractivity contribution in [3.05, 3.63) is 11.6 Å². The van der Waals surface area contributed by atoms with Gasteiger partial charge in [-0.1, -0.05) is 25.5 Å². The summed E-state index contributed by atoms with van der Waals surface area (Å²) in [5, 5.41) is 18.5. The number of rotatable bonds is 0. The second-order valence-corrected chi connectivity index (χ2v) is 8.83. The lowest BCUT2D eigenvalue weighted by Gasteiger charge is -2.56. The summed E-state index contributed by atoms with van der Waals surface area (Å²) in [7, 11) is 0. The standard InChI is InChI=1S/C19H30O2/c1-18-9-7-13(20)11-12(18)3-4-14-15-5-6-17(21)19(15,2)10-8-16(14)18/h8,12-15,17,20-21H,3-7,9-11H2,1-2H3/p+1/t12-,13-,14+,15+,17+,18+,19+/m1/s1. The highest BCUT2D eigenvalue weighted by molar-refractivity contribution is 5.29. The number of aliphatic hydroxyl groups excluding tert-OH is 1. The molecule has 0 saturated heterocycles. The summed E-state index contributed by atoms with van der Waals surface area (Å²) < 4.78 is 0. The van der Waals surface area contributed by atoms with Gasteiger partial charge in [0.25, 0.3) is 0 Å². The van der Waals surface area contributed by atoms with Crippen LogP contribution in [-0.4, -0.2) is 22.4 Å². The lowest BCUT2D eigenvalue weighted by Crippen LogP contribution is -2.49. The van der Waals surface area contributed by atoms with Crippen LogP contribution in [0.2, 0.25) is 0 Å². The Hall–Kier alpha value is -0.340. The maximum absolute atomic E-state index is 10.0. The molecule has 3 fully saturated rings. The van der Waals surface area contributed by atoms with Crippen molar-refractivity contribution in [2.75, 3.05) is 0 Å². The van der Waals surface area contributed by atoms with Crippen LogP contribution < -0.4 is 0 Å². The molecule has 0 bridgehead atoms. The largest absolute Gasteiger partial charge is 0.443 e. The minimum absolute atomic E-state index is 0.0572. The number of fused-ring (bicyclic) bond motifs is 5. The quantitative estimate of drug-likeness (QED) is 0.539. The first-order valence-corrected chi connectivity index (χ1v) is 9.05. The zero-order valence-corrected chi connectivity index (χ0v) is 13.6. The Balaban J connectivity index is 1.69. The van der Waals surface area contributed by atoms with Crippen LogP contribution in [0.5, 0.6) is 0 Å². The van der Waals surface area contributed by atoms with Crippen molar-refractivity contribution in [3.8, 4) is 0 Å². The molecule has 0 aromatic heterocycles. The number of allylic oxidation sites excluding steroid dienone is 2. The first-order valence-electron chi connectivity index (χ1n) is 9.05. The van der Waals surface area contributed by atoms with Crippen LogP contribution in [-0.2, 0) is 0 Å². The highest BCUT2D eigenvalue weighted by Gasteiger charge is 2.58. The summed E-state index contributed by atoms with van der Waals surface area (Å²) in [6, 6.07) is 0. The Morgan fingerprint density at radius 3 is 2.76 bits per heavy atom. The van der Waals surface area contributed by atoms with E-state index in [0.29, 0.717) is 11.3 Å². The average molecular weight is 291 g/mol. The molecule has 4 aliphatic carbocycles. The lowest BCUT2D eigenvalue weighted by molar-refractivity contribution is -0.0262. The molecule has 2 nitrogen and oxygen atoms in total. The summed E-state index contributed by atoms with van der Waals surface area (Å²) in [5.41, 5.74) is 2.33. The first-order chi connectivity index (χ1) is 9.95. The molecule has 0 unspecified atom stereocenters. The molecule has 2 heteroatoms. The molecule has 7 atom stereocenters. The van der Waals surface area contributed by atoms with Crippen molar-refractivity contribution in [2.45, 2.75) is 77.4 Å². The molecule has 0 radical (unpaired) electrons. The molecule has 0 spiro atoms. The van der Waals surface area contributed by atoms with Crippen LogP contribution in [0.4, 0.5) is 0 Å². The van der Waals surface area contributed by atoms with Crippen molar-refractivity contribution in [2.24, 2.45) is 28.6 Å². The van der Waals surface area contributed by atoms with E-state index in [1.165, 1.54) is 25.7 Å². The van der Waals surface area contributed by atoms with Gasteiger partial charge in [0, 0.05) is 11.8 Å². The molecule has 4 aliphatic rings. The fraction of sp³-hybridized carbons (Fsp3) is 0.895. The fourth-order valence-electron chi connectivity index (χ4n) is 6.50. The minimum Gasteiger partial charge on any atom is -0.443 e. The smallest absolute Gasteiger partial charge is 0.159 e. The Bertz CT molecular complexity index is 470. The van der Waals surface area contributed by atoms with Crippen LogP contribution in [0.3, 0.4) is 0 Å². The number of hydrogen-bond acceptors (Lipinski definition) is 1. The van der Waals surface area contributed by atoms with Gasteiger partial charge in [0.15, 0.2) is 6.10 Å². The van der Waals surface area contributed by atoms with Gasteiger partial charge >= 0.3 is 0 Å². The van der Waals surface area contributed by atoms with Crippen LogP contribution >= 0.6 is 0 Å². The summed E-state index contributed by atoms with van der Waals surface area (Å²) in [5.74, 6) is 2.20. The van der Waals surface area contributed by atoms with E-state index in [9.17, 15) is 5.11 Å². The highest BCUT2D eigenvalue weighted by atomic mass is 16.3. The second-order valence-electron chi connectivity index (χ2n) is 8.83. The molecule has 0 amide bonds. The molecular weight excluding hydrogens is 260 g/mol. The van der Waals surface area contributed by atoms with Crippen LogP contribution in [0.25, 0.3) is 0 Å². The van der Waals surface area contributed by atoms with E-state index >= 15 is 0 Å². The van der Waals surface area contributed by atoms with E-state index in [0.717, 1.165) is 37.5 Å². The van der Waals surface area contributed by atoms with Crippen molar-refractivity contribution >= 4 is 0 Å². The number of hydrogen-bond donors (Lipinski definition) is 1. The summed E-state index contributed by atoms with van der Waals surface area (Å²) in [6.45, 7) is 4.87. The third kappa shape index (κ3) is 1.84. The van der Waals surface area contributed by atoms with Gasteiger partial charge in [0.1, 0.15) is 0 Å². The van der Waals surface area contributed by atoms with Crippen LogP contribution in [0.15, 0.2) is 11.6 Å². The fourth-order valence-corrected chi connectivity index (χ4v) is 6.50. The monoisotopic (exact) mass is 291 g/mol. The van der Waals surface area contributed by atoms with E-state index in [2.05, 4.69) is 19.9 Å². The summed E-state index contributed by atoms with van der Waals surface area (Å²) in [6.07, 6.45) is 11.9. The zero-order valence-electron chi connectivity index (χ0n) is 13.6. The van der Waals surface area contributed by atoms with Crippen LogP contribution in [0.1, 0.15) is 65.2 Å². The molecule has 0 heterocycles. The second kappa shape index (κ2) is 4.58. The number of aliphatic hydroxyl groups is 1. The Kier molecular flexibility index (Phi) is 3.11. The van der Waals surface area contributed by atoms with Gasteiger partial charge in [0.05, 0.1) is 6.10 Å². The highest BCUT2D eigenvalue weighted by Crippen LogP contribution is 2.64. The first kappa shape index (κ1) is 14.3.